The van der Waals surface area contributed by atoms with Gasteiger partial charge in [0.15, 0.2) is 0 Å². The van der Waals surface area contributed by atoms with Crippen LogP contribution in [0.25, 0.3) is 0 Å². The second-order valence-electron chi connectivity index (χ2n) is 25.5. The van der Waals surface area contributed by atoms with E-state index in [1.807, 2.05) is 36.4 Å². The first kappa shape index (κ1) is 59.3. The molecule has 0 fully saturated rings. The number of carbonyl (C=O) groups excluding carboxylic acids is 3. The van der Waals surface area contributed by atoms with Crippen molar-refractivity contribution in [2.75, 3.05) is 0 Å². The molecular weight excluding hydrogens is 917 g/mol. The highest BCUT2D eigenvalue weighted by atomic mass is 16.5. The molecule has 0 unspecified atom stereocenters. The van der Waals surface area contributed by atoms with Gasteiger partial charge in [-0.1, -0.05) is 161 Å². The molecule has 0 saturated carbocycles. The molecule has 396 valence electrons. The molecule has 0 spiro atoms. The van der Waals surface area contributed by atoms with Crippen LogP contribution in [0.15, 0.2) is 84.9 Å². The lowest BCUT2D eigenvalue weighted by Crippen LogP contribution is -2.18. The van der Waals surface area contributed by atoms with Gasteiger partial charge in [0.1, 0.15) is 40.2 Å². The van der Waals surface area contributed by atoms with Gasteiger partial charge in [0.05, 0.1) is 0 Å². The molecule has 0 saturated heterocycles. The van der Waals surface area contributed by atoms with Crippen molar-refractivity contribution >= 4 is 17.9 Å². The molecule has 10 heteroatoms. The summed E-state index contributed by atoms with van der Waals surface area (Å²) in [4.78, 5) is 37.6. The summed E-state index contributed by atoms with van der Waals surface area (Å²) in [7, 11) is 0. The van der Waals surface area contributed by atoms with E-state index in [9.17, 15) is 34.8 Å². The number of carbonyl (C=O) groups is 3. The number of aromatic hydroxyl groups is 4. The molecular formula is C63H84O10. The van der Waals surface area contributed by atoms with Gasteiger partial charge in [-0.3, -0.25) is 14.4 Å². The van der Waals surface area contributed by atoms with Crippen LogP contribution in [0.3, 0.4) is 0 Å². The Morgan fingerprint density at radius 1 is 0.329 bits per heavy atom. The van der Waals surface area contributed by atoms with E-state index in [0.717, 1.165) is 50.1 Å². The molecule has 10 nitrogen and oxygen atoms in total. The van der Waals surface area contributed by atoms with E-state index in [1.54, 1.807) is 36.4 Å². The maximum atomic E-state index is 12.7. The summed E-state index contributed by atoms with van der Waals surface area (Å²) >= 11 is 0. The number of aryl methyl sites for hydroxylation is 3. The van der Waals surface area contributed by atoms with Gasteiger partial charge in [0.25, 0.3) is 0 Å². The topological polar surface area (TPSA) is 160 Å². The quantitative estimate of drug-likeness (QED) is 0.0700. The van der Waals surface area contributed by atoms with Gasteiger partial charge in [0.2, 0.25) is 0 Å². The van der Waals surface area contributed by atoms with Gasteiger partial charge in [-0.05, 0) is 150 Å². The number of hydrogen-bond donors (Lipinski definition) is 4. The average molecular weight is 1000 g/mol. The van der Waals surface area contributed by atoms with Gasteiger partial charge in [0, 0.05) is 19.3 Å². The lowest BCUT2D eigenvalue weighted by Gasteiger charge is -2.28. The normalized spacial score (nSPS) is 12.4. The lowest BCUT2D eigenvalue weighted by molar-refractivity contribution is -0.135. The summed E-state index contributed by atoms with van der Waals surface area (Å²) in [5, 5.41) is 42.0. The summed E-state index contributed by atoms with van der Waals surface area (Å²) in [5.74, 6) is 1.18. The van der Waals surface area contributed by atoms with Gasteiger partial charge >= 0.3 is 17.9 Å². The van der Waals surface area contributed by atoms with Gasteiger partial charge in [-0.15, -0.1) is 0 Å². The van der Waals surface area contributed by atoms with Crippen LogP contribution >= 0.6 is 0 Å². The largest absolute Gasteiger partial charge is 0.508 e. The summed E-state index contributed by atoms with van der Waals surface area (Å²) < 4.78 is 16.4. The van der Waals surface area contributed by atoms with Gasteiger partial charge < -0.3 is 34.6 Å². The van der Waals surface area contributed by atoms with Crippen molar-refractivity contribution in [3.8, 4) is 40.2 Å². The molecule has 4 N–H and O–H groups in total. The van der Waals surface area contributed by atoms with Gasteiger partial charge in [-0.25, -0.2) is 0 Å². The zero-order valence-electron chi connectivity index (χ0n) is 47.1. The zero-order chi connectivity index (χ0) is 55.2. The number of benzene rings is 5. The summed E-state index contributed by atoms with van der Waals surface area (Å²) in [5.41, 5.74) is 6.78. The van der Waals surface area contributed by atoms with E-state index in [1.165, 1.54) is 12.1 Å². The van der Waals surface area contributed by atoms with E-state index in [2.05, 4.69) is 125 Å². The van der Waals surface area contributed by atoms with Crippen molar-refractivity contribution in [1.29, 1.82) is 0 Å². The number of ether oxygens (including phenoxy) is 3. The molecule has 73 heavy (non-hydrogen) atoms. The van der Waals surface area contributed by atoms with Gasteiger partial charge in [-0.2, -0.15) is 0 Å². The van der Waals surface area contributed by atoms with Crippen molar-refractivity contribution in [2.45, 2.75) is 196 Å². The molecule has 5 rings (SSSR count). The molecule has 5 aromatic carbocycles. The highest BCUT2D eigenvalue weighted by Crippen LogP contribution is 2.43. The highest BCUT2D eigenvalue weighted by Gasteiger charge is 2.30. The minimum Gasteiger partial charge on any atom is -0.508 e. The number of esters is 3. The first-order chi connectivity index (χ1) is 33.3. The van der Waals surface area contributed by atoms with Crippen LogP contribution < -0.4 is 14.2 Å². The fourth-order valence-electron chi connectivity index (χ4n) is 8.32. The molecule has 0 aromatic heterocycles. The third-order valence-electron chi connectivity index (χ3n) is 12.6. The van der Waals surface area contributed by atoms with Crippen LogP contribution in [-0.2, 0) is 66.1 Å². The molecule has 0 amide bonds. The van der Waals surface area contributed by atoms with E-state index in [4.69, 9.17) is 14.2 Å². The van der Waals surface area contributed by atoms with Crippen molar-refractivity contribution in [3.05, 3.63) is 135 Å². The predicted octanol–water partition coefficient (Wildman–Crippen LogP) is 14.6. The number of phenolic OH excluding ortho intramolecular Hbond substituents is 4. The van der Waals surface area contributed by atoms with Crippen LogP contribution in [0.1, 0.15) is 194 Å². The highest BCUT2D eigenvalue weighted by molar-refractivity contribution is 5.74. The first-order valence-electron chi connectivity index (χ1n) is 25.5. The third-order valence-corrected chi connectivity index (χ3v) is 12.6. The average Bonchev–Trinajstić information content (AvgIpc) is 3.24. The molecule has 5 aromatic rings. The Morgan fingerprint density at radius 3 is 0.685 bits per heavy atom. The summed E-state index contributed by atoms with van der Waals surface area (Å²) in [6.07, 6.45) is 2.09. The van der Waals surface area contributed by atoms with Crippen LogP contribution in [-0.4, -0.2) is 38.3 Å². The van der Waals surface area contributed by atoms with Crippen molar-refractivity contribution < 1.29 is 49.0 Å². The summed E-state index contributed by atoms with van der Waals surface area (Å²) in [6.45, 7) is 37.2. The molecule has 0 aliphatic heterocycles. The smallest absolute Gasteiger partial charge is 0.311 e. The summed E-state index contributed by atoms with van der Waals surface area (Å²) in [6, 6.07) is 24.4. The Labute approximate surface area is 436 Å². The van der Waals surface area contributed by atoms with Crippen LogP contribution in [0.4, 0.5) is 0 Å². The Kier molecular flexibility index (Phi) is 18.6. The SMILES string of the molecule is CC(C)(C)c1cc(CCC(=O)Oc2ccc(O)cc2)cc(C(C)(C)C)c1O.CC(C)(C)c1cc(CCC(=O)Oc2ccc(OC(=O)CCc3cc(C(C)(C)C)c(O)c(C(C)(C)C)c3)cc2)cc(C(C)(C)C)c1O. The molecule has 0 aliphatic rings. The van der Waals surface area contributed by atoms with Crippen LogP contribution in [0.5, 0.6) is 40.2 Å². The fourth-order valence-corrected chi connectivity index (χ4v) is 8.32. The monoisotopic (exact) mass is 1000 g/mol. The Balaban J connectivity index is 0.000000363. The maximum absolute atomic E-state index is 12.7. The maximum Gasteiger partial charge on any atom is 0.311 e. The number of hydrogen-bond acceptors (Lipinski definition) is 10. The predicted molar refractivity (Wildman–Crippen MR) is 293 cm³/mol. The lowest BCUT2D eigenvalue weighted by atomic mass is 9.78. The van der Waals surface area contributed by atoms with Crippen LogP contribution in [0.2, 0.25) is 0 Å². The molecule has 0 atom stereocenters. The zero-order valence-corrected chi connectivity index (χ0v) is 47.1. The van der Waals surface area contributed by atoms with Crippen molar-refractivity contribution in [1.82, 2.24) is 0 Å². The first-order valence-corrected chi connectivity index (χ1v) is 25.5. The standard InChI is InChI=1S/C40H54O6.C23H30O4/c1-37(2,3)29-21-25(22-30(35(29)43)38(4,5)6)13-19-33(41)45-27-15-17-28(18-16-27)46-34(42)20-14-26-23-31(39(7,8)9)36(44)32(24-26)40(10,11)12;1-22(2,3)18-13-15(14-19(21(18)26)23(4,5)6)7-12-20(25)27-17-10-8-16(24)9-11-17/h15-18,21-24,43-44H,13-14,19-20H2,1-12H3;8-11,13-14,24,26H,7,12H2,1-6H3. The Morgan fingerprint density at radius 2 is 0.507 bits per heavy atom. The Hall–Kier alpha value is -6.29. The number of rotatable bonds is 12. The minimum absolute atomic E-state index is 0.128. The minimum atomic E-state index is -0.370. The van der Waals surface area contributed by atoms with Crippen molar-refractivity contribution in [3.63, 3.8) is 0 Å². The second-order valence-corrected chi connectivity index (χ2v) is 25.5. The van der Waals surface area contributed by atoms with E-state index in [0.29, 0.717) is 53.8 Å². The molecule has 0 aliphatic carbocycles. The fraction of sp³-hybridized carbons (Fsp3) is 0.476. The van der Waals surface area contributed by atoms with E-state index >= 15 is 0 Å². The molecule has 0 radical (unpaired) electrons. The Bertz CT molecular complexity index is 2500. The van der Waals surface area contributed by atoms with E-state index in [-0.39, 0.29) is 75.4 Å². The van der Waals surface area contributed by atoms with E-state index < -0.39 is 0 Å². The van der Waals surface area contributed by atoms with Crippen molar-refractivity contribution in [2.24, 2.45) is 0 Å². The second kappa shape index (κ2) is 22.9. The number of phenols is 4. The third kappa shape index (κ3) is 17.1. The molecule has 0 bridgehead atoms. The van der Waals surface area contributed by atoms with Crippen LogP contribution in [0, 0.1) is 0 Å². The molecule has 0 heterocycles.